The van der Waals surface area contributed by atoms with Gasteiger partial charge >= 0.3 is 0 Å². The lowest BCUT2D eigenvalue weighted by atomic mass is 9.88. The van der Waals surface area contributed by atoms with Gasteiger partial charge in [-0.3, -0.25) is 4.79 Å². The number of ketones is 1. The van der Waals surface area contributed by atoms with E-state index in [0.29, 0.717) is 19.6 Å². The number of carbonyl (C=O) groups excluding carboxylic acids is 1. The van der Waals surface area contributed by atoms with E-state index in [9.17, 15) is 4.79 Å². The van der Waals surface area contributed by atoms with E-state index in [0.717, 1.165) is 24.8 Å². The van der Waals surface area contributed by atoms with E-state index >= 15 is 0 Å². The van der Waals surface area contributed by atoms with Crippen molar-refractivity contribution in [3.63, 3.8) is 0 Å². The fourth-order valence-electron chi connectivity index (χ4n) is 3.01. The summed E-state index contributed by atoms with van der Waals surface area (Å²) < 4.78 is 11.9. The standard InChI is InChI=1S/C15H18O3/c16-14-9-4-8-13(14)15(17-10-5-11-18-15)12-6-2-1-3-7-12/h1-3,6-7,13H,4-5,8-11H2. The van der Waals surface area contributed by atoms with Crippen LogP contribution < -0.4 is 0 Å². The first kappa shape index (κ1) is 11.9. The van der Waals surface area contributed by atoms with Gasteiger partial charge in [0.1, 0.15) is 5.78 Å². The Morgan fingerprint density at radius 1 is 1.06 bits per heavy atom. The molecule has 1 unspecified atom stereocenters. The smallest absolute Gasteiger partial charge is 0.204 e. The van der Waals surface area contributed by atoms with Crippen molar-refractivity contribution in [2.45, 2.75) is 31.5 Å². The van der Waals surface area contributed by atoms with Crippen LogP contribution >= 0.6 is 0 Å². The summed E-state index contributed by atoms with van der Waals surface area (Å²) in [7, 11) is 0. The van der Waals surface area contributed by atoms with Gasteiger partial charge in [-0.1, -0.05) is 30.3 Å². The van der Waals surface area contributed by atoms with E-state index in [2.05, 4.69) is 0 Å². The van der Waals surface area contributed by atoms with Gasteiger partial charge in [0.2, 0.25) is 5.79 Å². The molecular formula is C15H18O3. The van der Waals surface area contributed by atoms with Crippen LogP contribution in [0.15, 0.2) is 30.3 Å². The van der Waals surface area contributed by atoms with Crippen LogP contribution in [0.2, 0.25) is 0 Å². The van der Waals surface area contributed by atoms with Crippen molar-refractivity contribution >= 4 is 5.78 Å². The summed E-state index contributed by atoms with van der Waals surface area (Å²) in [6.07, 6.45) is 3.37. The third-order valence-corrected chi connectivity index (χ3v) is 3.86. The molecule has 1 aromatic carbocycles. The highest BCUT2D eigenvalue weighted by Crippen LogP contribution is 2.43. The number of carbonyl (C=O) groups is 1. The highest BCUT2D eigenvalue weighted by molar-refractivity contribution is 5.84. The normalized spacial score (nSPS) is 27.3. The predicted octanol–water partition coefficient (Wildman–Crippen LogP) is 2.65. The molecule has 18 heavy (non-hydrogen) atoms. The van der Waals surface area contributed by atoms with Gasteiger partial charge in [0, 0.05) is 12.0 Å². The molecule has 0 amide bonds. The first-order valence-corrected chi connectivity index (χ1v) is 6.69. The summed E-state index contributed by atoms with van der Waals surface area (Å²) in [4.78, 5) is 12.1. The molecule has 0 spiro atoms. The molecule has 1 aliphatic heterocycles. The van der Waals surface area contributed by atoms with Crippen molar-refractivity contribution in [2.24, 2.45) is 5.92 Å². The lowest BCUT2D eigenvalue weighted by Crippen LogP contribution is -2.46. The molecule has 3 heteroatoms. The van der Waals surface area contributed by atoms with E-state index in [1.807, 2.05) is 30.3 Å². The Bertz CT molecular complexity index is 421. The molecule has 0 aromatic heterocycles. The second kappa shape index (κ2) is 4.82. The lowest BCUT2D eigenvalue weighted by molar-refractivity contribution is -0.297. The van der Waals surface area contributed by atoms with Crippen LogP contribution in [-0.2, 0) is 20.1 Å². The van der Waals surface area contributed by atoms with Crippen molar-refractivity contribution in [3.8, 4) is 0 Å². The van der Waals surface area contributed by atoms with Crippen molar-refractivity contribution in [1.82, 2.24) is 0 Å². The molecule has 3 rings (SSSR count). The van der Waals surface area contributed by atoms with Crippen LogP contribution in [0.4, 0.5) is 0 Å². The Morgan fingerprint density at radius 3 is 2.39 bits per heavy atom. The zero-order valence-electron chi connectivity index (χ0n) is 10.4. The van der Waals surface area contributed by atoms with Gasteiger partial charge in [-0.2, -0.15) is 0 Å². The first-order chi connectivity index (χ1) is 8.83. The molecule has 1 heterocycles. The van der Waals surface area contributed by atoms with Gasteiger partial charge in [0.15, 0.2) is 0 Å². The predicted molar refractivity (Wildman–Crippen MR) is 67.0 cm³/mol. The molecular weight excluding hydrogens is 228 g/mol. The third kappa shape index (κ3) is 1.88. The summed E-state index contributed by atoms with van der Waals surface area (Å²) >= 11 is 0. The minimum absolute atomic E-state index is 0.139. The van der Waals surface area contributed by atoms with E-state index in [1.165, 1.54) is 0 Å². The topological polar surface area (TPSA) is 35.5 Å². The van der Waals surface area contributed by atoms with Crippen LogP contribution in [0.3, 0.4) is 0 Å². The van der Waals surface area contributed by atoms with Crippen molar-refractivity contribution < 1.29 is 14.3 Å². The molecule has 1 saturated heterocycles. The average Bonchev–Trinajstić information content (AvgIpc) is 2.87. The van der Waals surface area contributed by atoms with Gasteiger partial charge in [-0.25, -0.2) is 0 Å². The van der Waals surface area contributed by atoms with E-state index in [-0.39, 0.29) is 11.7 Å². The Kier molecular flexibility index (Phi) is 3.18. The lowest BCUT2D eigenvalue weighted by Gasteiger charge is -2.41. The number of hydrogen-bond donors (Lipinski definition) is 0. The van der Waals surface area contributed by atoms with E-state index in [1.54, 1.807) is 0 Å². The maximum absolute atomic E-state index is 12.1. The minimum atomic E-state index is -0.826. The zero-order chi connectivity index (χ0) is 12.4. The summed E-state index contributed by atoms with van der Waals surface area (Å²) in [5.74, 6) is -0.687. The Morgan fingerprint density at radius 2 is 1.78 bits per heavy atom. The first-order valence-electron chi connectivity index (χ1n) is 6.69. The van der Waals surface area contributed by atoms with Gasteiger partial charge in [-0.15, -0.1) is 0 Å². The summed E-state index contributed by atoms with van der Waals surface area (Å²) in [6, 6.07) is 9.90. The van der Waals surface area contributed by atoms with Gasteiger partial charge < -0.3 is 9.47 Å². The molecule has 2 aliphatic rings. The van der Waals surface area contributed by atoms with Crippen molar-refractivity contribution in [2.75, 3.05) is 13.2 Å². The third-order valence-electron chi connectivity index (χ3n) is 3.86. The number of Topliss-reactive ketones (excluding diaryl/α,β-unsaturated/α-hetero) is 1. The Hall–Kier alpha value is -1.19. The maximum atomic E-state index is 12.1. The number of hydrogen-bond acceptors (Lipinski definition) is 3. The van der Waals surface area contributed by atoms with Crippen LogP contribution in [0, 0.1) is 5.92 Å². The molecule has 0 radical (unpaired) electrons. The Labute approximate surface area is 107 Å². The summed E-state index contributed by atoms with van der Waals surface area (Å²) in [5.41, 5.74) is 0.977. The monoisotopic (exact) mass is 246 g/mol. The van der Waals surface area contributed by atoms with E-state index < -0.39 is 5.79 Å². The Balaban J connectivity index is 2.00. The van der Waals surface area contributed by atoms with Crippen LogP contribution in [-0.4, -0.2) is 19.0 Å². The van der Waals surface area contributed by atoms with Gasteiger partial charge in [0.05, 0.1) is 19.1 Å². The minimum Gasteiger partial charge on any atom is -0.345 e. The van der Waals surface area contributed by atoms with Gasteiger partial charge in [-0.05, 0) is 19.3 Å². The summed E-state index contributed by atoms with van der Waals surface area (Å²) in [5, 5.41) is 0. The van der Waals surface area contributed by atoms with Crippen molar-refractivity contribution in [3.05, 3.63) is 35.9 Å². The molecule has 96 valence electrons. The quantitative estimate of drug-likeness (QED) is 0.804. The maximum Gasteiger partial charge on any atom is 0.204 e. The largest absolute Gasteiger partial charge is 0.345 e. The zero-order valence-corrected chi connectivity index (χ0v) is 10.4. The number of rotatable bonds is 2. The second-order valence-corrected chi connectivity index (χ2v) is 5.00. The molecule has 0 N–H and O–H groups in total. The van der Waals surface area contributed by atoms with E-state index in [4.69, 9.17) is 9.47 Å². The number of benzene rings is 1. The fraction of sp³-hybridized carbons (Fsp3) is 0.533. The van der Waals surface area contributed by atoms with Crippen molar-refractivity contribution in [1.29, 1.82) is 0 Å². The SMILES string of the molecule is O=C1CCCC1C1(c2ccccc2)OCCCO1. The molecule has 2 fully saturated rings. The van der Waals surface area contributed by atoms with Crippen LogP contribution in [0.25, 0.3) is 0 Å². The average molecular weight is 246 g/mol. The molecule has 1 aromatic rings. The second-order valence-electron chi connectivity index (χ2n) is 5.00. The molecule has 1 atom stereocenters. The highest BCUT2D eigenvalue weighted by atomic mass is 16.7. The molecule has 3 nitrogen and oxygen atoms in total. The van der Waals surface area contributed by atoms with Crippen LogP contribution in [0.1, 0.15) is 31.2 Å². The molecule has 0 bridgehead atoms. The molecule has 1 aliphatic carbocycles. The van der Waals surface area contributed by atoms with Crippen LogP contribution in [0.5, 0.6) is 0 Å². The number of ether oxygens (including phenoxy) is 2. The highest BCUT2D eigenvalue weighted by Gasteiger charge is 2.49. The molecule has 1 saturated carbocycles. The summed E-state index contributed by atoms with van der Waals surface area (Å²) in [6.45, 7) is 1.33. The fourth-order valence-corrected chi connectivity index (χ4v) is 3.01. The van der Waals surface area contributed by atoms with Gasteiger partial charge in [0.25, 0.3) is 0 Å².